The predicted octanol–water partition coefficient (Wildman–Crippen LogP) is 3.48. The van der Waals surface area contributed by atoms with E-state index in [4.69, 9.17) is 16.4 Å². The summed E-state index contributed by atoms with van der Waals surface area (Å²) in [7, 11) is 0. The summed E-state index contributed by atoms with van der Waals surface area (Å²) >= 11 is 0. The molecule has 2 aliphatic carbocycles. The van der Waals surface area contributed by atoms with Crippen LogP contribution in [0.2, 0.25) is 0 Å². The topological polar surface area (TPSA) is 86.0 Å². The van der Waals surface area contributed by atoms with Gasteiger partial charge in [-0.15, -0.1) is 0 Å². The predicted molar refractivity (Wildman–Crippen MR) is 86.0 cm³/mol. The lowest BCUT2D eigenvalue weighted by Crippen LogP contribution is -2.36. The minimum absolute atomic E-state index is 0.229. The first-order chi connectivity index (χ1) is 9.94. The third-order valence-electron chi connectivity index (χ3n) is 4.33. The van der Waals surface area contributed by atoms with Crippen molar-refractivity contribution in [1.82, 2.24) is 0 Å². The van der Waals surface area contributed by atoms with Crippen LogP contribution in [0.4, 0.5) is 0 Å². The molecule has 0 radical (unpaired) electrons. The Labute approximate surface area is 126 Å². The Balaban J connectivity index is 2.11. The van der Waals surface area contributed by atoms with Crippen molar-refractivity contribution >= 4 is 11.7 Å². The van der Waals surface area contributed by atoms with Crippen LogP contribution in [0.25, 0.3) is 0 Å². The van der Waals surface area contributed by atoms with Gasteiger partial charge in [0.2, 0.25) is 0 Å². The minimum Gasteiger partial charge on any atom is -0.387 e. The number of nitrogens with two attached hydrogens (primary N) is 1. The Morgan fingerprint density at radius 2 is 2.29 bits per heavy atom. The number of nitrogens with one attached hydrogen (secondary N) is 1. The summed E-state index contributed by atoms with van der Waals surface area (Å²) in [5, 5.41) is 17.0. The first kappa shape index (κ1) is 15.2. The van der Waals surface area contributed by atoms with Gasteiger partial charge in [-0.1, -0.05) is 38.2 Å². The molecule has 0 aromatic heterocycles. The van der Waals surface area contributed by atoms with Gasteiger partial charge in [-0.05, 0) is 31.6 Å². The van der Waals surface area contributed by atoms with Crippen molar-refractivity contribution in [1.29, 1.82) is 10.7 Å². The van der Waals surface area contributed by atoms with Gasteiger partial charge in [-0.2, -0.15) is 5.26 Å². The van der Waals surface area contributed by atoms with Gasteiger partial charge in [0.25, 0.3) is 0 Å². The Morgan fingerprint density at radius 3 is 2.81 bits per heavy atom. The molecule has 110 valence electrons. The molecule has 2 unspecified atom stereocenters. The number of hydrogen-bond acceptors (Lipinski definition) is 2. The van der Waals surface area contributed by atoms with E-state index >= 15 is 0 Å². The van der Waals surface area contributed by atoms with Crippen LogP contribution in [-0.2, 0) is 0 Å². The van der Waals surface area contributed by atoms with E-state index in [-0.39, 0.29) is 11.3 Å². The molecule has 0 saturated carbocycles. The van der Waals surface area contributed by atoms with Crippen LogP contribution in [0.1, 0.15) is 39.5 Å². The van der Waals surface area contributed by atoms with E-state index in [1.165, 1.54) is 0 Å². The Hall–Kier alpha value is -2.15. The number of allylic oxidation sites excluding steroid dienone is 4. The van der Waals surface area contributed by atoms with E-state index in [1.54, 1.807) is 0 Å². The molecule has 0 aliphatic heterocycles. The molecule has 2 rings (SSSR count). The van der Waals surface area contributed by atoms with Gasteiger partial charge in [0.1, 0.15) is 5.84 Å². The zero-order chi connectivity index (χ0) is 15.5. The molecule has 0 aromatic carbocycles. The number of nitrogens with zero attached hydrogens (tertiary/aromatic N) is 2. The maximum Gasteiger partial charge on any atom is 0.153 e. The van der Waals surface area contributed by atoms with Crippen molar-refractivity contribution in [2.75, 3.05) is 0 Å². The fraction of sp³-hybridized carbons (Fsp3) is 0.471. The number of nitriles is 1. The normalized spacial score (nSPS) is 29.4. The second-order valence-electron chi connectivity index (χ2n) is 6.18. The van der Waals surface area contributed by atoms with Crippen molar-refractivity contribution in [3.63, 3.8) is 0 Å². The van der Waals surface area contributed by atoms with Gasteiger partial charge in [-0.25, -0.2) is 4.99 Å². The van der Waals surface area contributed by atoms with Crippen molar-refractivity contribution in [2.24, 2.45) is 22.1 Å². The summed E-state index contributed by atoms with van der Waals surface area (Å²) in [5.74, 6) is 1.24. The molecule has 2 aliphatic rings. The van der Waals surface area contributed by atoms with Crippen LogP contribution in [0, 0.1) is 28.1 Å². The second-order valence-corrected chi connectivity index (χ2v) is 6.18. The van der Waals surface area contributed by atoms with E-state index in [2.05, 4.69) is 31.0 Å². The highest BCUT2D eigenvalue weighted by Gasteiger charge is 2.31. The van der Waals surface area contributed by atoms with Crippen LogP contribution in [0.5, 0.6) is 0 Å². The van der Waals surface area contributed by atoms with Crippen LogP contribution in [0.3, 0.4) is 0 Å². The molecule has 0 fully saturated rings. The molecule has 4 heteroatoms. The molecule has 0 saturated heterocycles. The lowest BCUT2D eigenvalue weighted by molar-refractivity contribution is 0.413. The van der Waals surface area contributed by atoms with Gasteiger partial charge in [-0.3, -0.25) is 5.41 Å². The van der Waals surface area contributed by atoms with Crippen molar-refractivity contribution in [3.05, 3.63) is 35.5 Å². The van der Waals surface area contributed by atoms with Gasteiger partial charge in [0, 0.05) is 16.6 Å². The quantitative estimate of drug-likeness (QED) is 0.600. The van der Waals surface area contributed by atoms with Crippen LogP contribution >= 0.6 is 0 Å². The molecular weight excluding hydrogens is 260 g/mol. The average Bonchev–Trinajstić information content (AvgIpc) is 2.48. The zero-order valence-electron chi connectivity index (χ0n) is 12.7. The third kappa shape index (κ3) is 3.49. The molecule has 0 aromatic rings. The number of amidine groups is 2. The van der Waals surface area contributed by atoms with E-state index in [9.17, 15) is 0 Å². The van der Waals surface area contributed by atoms with Gasteiger partial charge >= 0.3 is 0 Å². The van der Waals surface area contributed by atoms with E-state index in [0.29, 0.717) is 18.2 Å². The Morgan fingerprint density at radius 1 is 1.52 bits per heavy atom. The van der Waals surface area contributed by atoms with Crippen LogP contribution in [0.15, 0.2) is 40.4 Å². The highest BCUT2D eigenvalue weighted by atomic mass is 14.9. The SMILES string of the molecule is CC1C=CC(C(=N)N=C(N)C2(C)CC=C(C#N)CC2)=CC1. The molecule has 21 heavy (non-hydrogen) atoms. The van der Waals surface area contributed by atoms with Gasteiger partial charge < -0.3 is 5.73 Å². The lowest BCUT2D eigenvalue weighted by atomic mass is 9.76. The Bertz CT molecular complexity index is 601. The summed E-state index contributed by atoms with van der Waals surface area (Å²) in [6, 6.07) is 2.20. The summed E-state index contributed by atoms with van der Waals surface area (Å²) in [4.78, 5) is 4.32. The fourth-order valence-corrected chi connectivity index (χ4v) is 2.52. The van der Waals surface area contributed by atoms with E-state index < -0.39 is 0 Å². The van der Waals surface area contributed by atoms with Crippen molar-refractivity contribution in [2.45, 2.75) is 39.5 Å². The second kappa shape index (κ2) is 6.09. The van der Waals surface area contributed by atoms with E-state index in [1.807, 2.05) is 18.2 Å². The number of aliphatic imine (C=N–C) groups is 1. The summed E-state index contributed by atoms with van der Waals surface area (Å²) in [6.07, 6.45) is 11.2. The summed E-state index contributed by atoms with van der Waals surface area (Å²) in [5.41, 5.74) is 7.56. The minimum atomic E-state index is -0.251. The Kier molecular flexibility index (Phi) is 4.42. The molecule has 0 amide bonds. The highest BCUT2D eigenvalue weighted by molar-refractivity contribution is 6.07. The van der Waals surface area contributed by atoms with Crippen molar-refractivity contribution < 1.29 is 0 Å². The van der Waals surface area contributed by atoms with Gasteiger partial charge in [0.15, 0.2) is 5.84 Å². The summed E-state index contributed by atoms with van der Waals surface area (Å²) < 4.78 is 0. The number of rotatable bonds is 2. The molecule has 0 bridgehead atoms. The monoisotopic (exact) mass is 282 g/mol. The average molecular weight is 282 g/mol. The van der Waals surface area contributed by atoms with Crippen LogP contribution < -0.4 is 5.73 Å². The van der Waals surface area contributed by atoms with Crippen LogP contribution in [-0.4, -0.2) is 11.7 Å². The first-order valence-electron chi connectivity index (χ1n) is 7.35. The maximum atomic E-state index is 8.91. The largest absolute Gasteiger partial charge is 0.387 e. The molecule has 2 atom stereocenters. The van der Waals surface area contributed by atoms with E-state index in [0.717, 1.165) is 30.4 Å². The zero-order valence-corrected chi connectivity index (χ0v) is 12.7. The molecule has 3 N–H and O–H groups in total. The standard InChI is InChI=1S/C17H22N4/c1-12-3-5-14(6-4-12)15(19)21-16(20)17(2)9-7-13(11-18)8-10-17/h3,5-7,12H,4,8-10H2,1-2H3,(H3,19,20,21). The molecule has 4 nitrogen and oxygen atoms in total. The number of hydrogen-bond donors (Lipinski definition) is 2. The maximum absolute atomic E-state index is 8.91. The highest BCUT2D eigenvalue weighted by Crippen LogP contribution is 2.35. The molecule has 0 heterocycles. The van der Waals surface area contributed by atoms with Gasteiger partial charge in [0.05, 0.1) is 6.07 Å². The van der Waals surface area contributed by atoms with Crippen molar-refractivity contribution in [3.8, 4) is 6.07 Å². The summed E-state index contributed by atoms with van der Waals surface area (Å²) in [6.45, 7) is 4.20. The third-order valence-corrected chi connectivity index (χ3v) is 4.33. The lowest BCUT2D eigenvalue weighted by Gasteiger charge is -2.31. The fourth-order valence-electron chi connectivity index (χ4n) is 2.52. The first-order valence-corrected chi connectivity index (χ1v) is 7.35. The smallest absolute Gasteiger partial charge is 0.153 e. The molecule has 0 spiro atoms. The molecular formula is C17H22N4.